The van der Waals surface area contributed by atoms with Gasteiger partial charge in [-0.25, -0.2) is 0 Å². The van der Waals surface area contributed by atoms with Gasteiger partial charge in [-0.15, -0.1) is 5.23 Å². The minimum absolute atomic E-state index is 0.0901. The zero-order valence-electron chi connectivity index (χ0n) is 5.41. The van der Waals surface area contributed by atoms with Crippen molar-refractivity contribution in [3.8, 4) is 0 Å². The zero-order valence-corrected chi connectivity index (χ0v) is 5.41. The van der Waals surface area contributed by atoms with Crippen LogP contribution < -0.4 is 5.73 Å². The van der Waals surface area contributed by atoms with E-state index in [0.29, 0.717) is 18.7 Å². The lowest BCUT2D eigenvalue weighted by molar-refractivity contribution is -0.280. The summed E-state index contributed by atoms with van der Waals surface area (Å²) in [5.41, 5.74) is 5.53. The van der Waals surface area contributed by atoms with Crippen molar-refractivity contribution in [1.29, 1.82) is 0 Å². The maximum atomic E-state index is 8.41. The number of nitrogens with zero attached hydrogens (tertiary/aromatic N) is 1. The molecule has 0 saturated heterocycles. The predicted octanol–water partition coefficient (Wildman–Crippen LogP) is 0.319. The first-order valence-corrected chi connectivity index (χ1v) is 2.79. The predicted molar refractivity (Wildman–Crippen MR) is 32.8 cm³/mol. The van der Waals surface area contributed by atoms with Gasteiger partial charge >= 0.3 is 0 Å². The first-order chi connectivity index (χ1) is 4.22. The first kappa shape index (κ1) is 8.42. The van der Waals surface area contributed by atoms with Gasteiger partial charge in [-0.3, -0.25) is 10.4 Å². The van der Waals surface area contributed by atoms with Gasteiger partial charge in [0.25, 0.3) is 0 Å². The number of hydrogen-bond donors (Lipinski definition) is 3. The van der Waals surface area contributed by atoms with Crippen molar-refractivity contribution in [3.63, 3.8) is 0 Å². The molecule has 0 aliphatic heterocycles. The lowest BCUT2D eigenvalue weighted by Gasteiger charge is -2.09. The van der Waals surface area contributed by atoms with Crippen LogP contribution in [0.5, 0.6) is 0 Å². The summed E-state index contributed by atoms with van der Waals surface area (Å²) < 4.78 is 0. The Balaban J connectivity index is 3.81. The molecule has 0 fully saturated rings. The van der Waals surface area contributed by atoms with Gasteiger partial charge in [-0.1, -0.05) is 6.92 Å². The van der Waals surface area contributed by atoms with Gasteiger partial charge in [0.2, 0.25) is 0 Å². The van der Waals surface area contributed by atoms with Crippen LogP contribution in [0, 0.1) is 0 Å². The molecule has 0 heterocycles. The highest BCUT2D eigenvalue weighted by atomic mass is 16.8. The fourth-order valence-electron chi connectivity index (χ4n) is 0.503. The van der Waals surface area contributed by atoms with Crippen molar-refractivity contribution in [1.82, 2.24) is 5.23 Å². The Kier molecular flexibility index (Phi) is 4.04. The normalized spacial score (nSPS) is 11.8. The molecular weight excluding hydrogens is 120 g/mol. The fourth-order valence-corrected chi connectivity index (χ4v) is 0.503. The van der Waals surface area contributed by atoms with Gasteiger partial charge in [0.15, 0.2) is 0 Å². The Labute approximate surface area is 54.1 Å². The molecule has 4 heteroatoms. The van der Waals surface area contributed by atoms with Crippen LogP contribution in [0.25, 0.3) is 0 Å². The summed E-state index contributed by atoms with van der Waals surface area (Å²) in [6, 6.07) is 0. The van der Waals surface area contributed by atoms with E-state index in [9.17, 15) is 0 Å². The minimum Gasteiger partial charge on any atom is -0.327 e. The molecule has 0 unspecified atom stereocenters. The Morgan fingerprint density at radius 1 is 1.67 bits per heavy atom. The maximum Gasteiger partial charge on any atom is 0.0686 e. The maximum absolute atomic E-state index is 8.41. The molecule has 0 aliphatic rings. The number of hydroxylamine groups is 2. The summed E-state index contributed by atoms with van der Waals surface area (Å²) in [5, 5.41) is 16.9. The minimum atomic E-state index is 0.0901. The second-order valence-corrected chi connectivity index (χ2v) is 1.57. The smallest absolute Gasteiger partial charge is 0.0686 e. The Morgan fingerprint density at radius 2 is 2.22 bits per heavy atom. The Bertz CT molecular complexity index is 101. The quantitative estimate of drug-likeness (QED) is 0.484. The third kappa shape index (κ3) is 3.07. The van der Waals surface area contributed by atoms with Crippen LogP contribution >= 0.6 is 0 Å². The van der Waals surface area contributed by atoms with E-state index >= 15 is 0 Å². The Hall–Kier alpha value is -0.580. The summed E-state index contributed by atoms with van der Waals surface area (Å²) in [4.78, 5) is 0. The molecule has 0 rings (SSSR count). The molecule has 0 bridgehead atoms. The van der Waals surface area contributed by atoms with Crippen molar-refractivity contribution < 1.29 is 10.4 Å². The van der Waals surface area contributed by atoms with E-state index in [0.717, 1.165) is 0 Å². The number of rotatable bonds is 3. The number of allylic oxidation sites excluding steroid dienone is 1. The van der Waals surface area contributed by atoms with Crippen molar-refractivity contribution in [2.24, 2.45) is 5.73 Å². The van der Waals surface area contributed by atoms with E-state index in [1.54, 1.807) is 13.0 Å². The van der Waals surface area contributed by atoms with E-state index in [-0.39, 0.29) is 5.23 Å². The number of hydrogen-bond acceptors (Lipinski definition) is 4. The molecular formula is C5H12N2O2. The summed E-state index contributed by atoms with van der Waals surface area (Å²) in [6.45, 7) is 2.13. The highest BCUT2D eigenvalue weighted by Gasteiger charge is 1.96. The van der Waals surface area contributed by atoms with Crippen LogP contribution in [0.4, 0.5) is 0 Å². The molecule has 0 aliphatic carbocycles. The number of nitrogens with two attached hydrogens (primary N) is 1. The standard InChI is InChI=1S/C5H12N2O2/c1-2-5(3-4-6)7(8)9/h3,8-9H,2,4,6H2,1H3. The van der Waals surface area contributed by atoms with Crippen LogP contribution in [-0.4, -0.2) is 22.2 Å². The van der Waals surface area contributed by atoms with Gasteiger partial charge in [-0.05, 0) is 12.5 Å². The van der Waals surface area contributed by atoms with E-state index in [1.807, 2.05) is 0 Å². The molecule has 0 aromatic heterocycles. The van der Waals surface area contributed by atoms with Gasteiger partial charge in [0.05, 0.1) is 5.70 Å². The largest absolute Gasteiger partial charge is 0.327 e. The van der Waals surface area contributed by atoms with E-state index in [1.165, 1.54) is 0 Å². The summed E-state index contributed by atoms with van der Waals surface area (Å²) in [6.07, 6.45) is 2.10. The monoisotopic (exact) mass is 132 g/mol. The lowest BCUT2D eigenvalue weighted by atomic mass is 10.3. The van der Waals surface area contributed by atoms with Crippen LogP contribution in [0.3, 0.4) is 0 Å². The van der Waals surface area contributed by atoms with Crippen LogP contribution in [0.2, 0.25) is 0 Å². The first-order valence-electron chi connectivity index (χ1n) is 2.79. The van der Waals surface area contributed by atoms with E-state index in [4.69, 9.17) is 16.1 Å². The van der Waals surface area contributed by atoms with Crippen molar-refractivity contribution in [2.45, 2.75) is 13.3 Å². The molecule has 0 amide bonds. The summed E-state index contributed by atoms with van der Waals surface area (Å²) >= 11 is 0. The SMILES string of the molecule is CCC(=CCN)N(O)O. The topological polar surface area (TPSA) is 69.7 Å². The molecule has 0 aromatic carbocycles. The van der Waals surface area contributed by atoms with Crippen LogP contribution in [0.1, 0.15) is 13.3 Å². The molecule has 0 radical (unpaired) electrons. The van der Waals surface area contributed by atoms with E-state index in [2.05, 4.69) is 0 Å². The second-order valence-electron chi connectivity index (χ2n) is 1.57. The van der Waals surface area contributed by atoms with Crippen molar-refractivity contribution in [3.05, 3.63) is 11.8 Å². The highest BCUT2D eigenvalue weighted by Crippen LogP contribution is 2.00. The molecule has 0 spiro atoms. The van der Waals surface area contributed by atoms with Gasteiger partial charge < -0.3 is 5.73 Å². The molecule has 0 aromatic rings. The molecule has 9 heavy (non-hydrogen) atoms. The fraction of sp³-hybridized carbons (Fsp3) is 0.600. The van der Waals surface area contributed by atoms with Gasteiger partial charge in [0, 0.05) is 6.54 Å². The third-order valence-corrected chi connectivity index (χ3v) is 0.973. The summed E-state index contributed by atoms with van der Waals surface area (Å²) in [7, 11) is 0. The molecule has 54 valence electrons. The van der Waals surface area contributed by atoms with Crippen molar-refractivity contribution >= 4 is 0 Å². The highest BCUT2D eigenvalue weighted by molar-refractivity contribution is 4.95. The third-order valence-electron chi connectivity index (χ3n) is 0.973. The van der Waals surface area contributed by atoms with Gasteiger partial charge in [0.1, 0.15) is 0 Å². The molecule has 4 nitrogen and oxygen atoms in total. The molecule has 0 saturated carbocycles. The average molecular weight is 132 g/mol. The molecule has 4 N–H and O–H groups in total. The second kappa shape index (κ2) is 4.31. The van der Waals surface area contributed by atoms with Crippen molar-refractivity contribution in [2.75, 3.05) is 6.54 Å². The van der Waals surface area contributed by atoms with Crippen LogP contribution in [-0.2, 0) is 0 Å². The average Bonchev–Trinajstić information content (AvgIpc) is 1.82. The van der Waals surface area contributed by atoms with Crippen LogP contribution in [0.15, 0.2) is 11.8 Å². The summed E-state index contributed by atoms with van der Waals surface area (Å²) in [5.74, 6) is 0. The Morgan fingerprint density at radius 3 is 2.33 bits per heavy atom. The lowest BCUT2D eigenvalue weighted by Crippen LogP contribution is -2.13. The van der Waals surface area contributed by atoms with E-state index < -0.39 is 0 Å². The molecule has 0 atom stereocenters. The van der Waals surface area contributed by atoms with Gasteiger partial charge in [-0.2, -0.15) is 0 Å². The zero-order chi connectivity index (χ0) is 7.28.